The van der Waals surface area contributed by atoms with Crippen LogP contribution in [0.2, 0.25) is 0 Å². The van der Waals surface area contributed by atoms with Gasteiger partial charge in [-0.15, -0.1) is 0 Å². The van der Waals surface area contributed by atoms with E-state index in [-0.39, 0.29) is 30.2 Å². The summed E-state index contributed by atoms with van der Waals surface area (Å²) in [4.78, 5) is 20.7. The number of nitriles is 1. The number of pyridine rings is 1. The molecule has 7 nitrogen and oxygen atoms in total. The SMILES string of the molecule is N#Cc1nc(Nc2ccc(I)cc2F)c(C(=O)NOCCN)cc1F. The minimum Gasteiger partial charge on any atom is -0.337 e. The first-order valence-electron chi connectivity index (χ1n) is 6.91. The summed E-state index contributed by atoms with van der Waals surface area (Å²) < 4.78 is 28.5. The number of hydrogen-bond acceptors (Lipinski definition) is 6. The molecule has 0 aliphatic carbocycles. The Bertz CT molecular complexity index is 841. The third kappa shape index (κ3) is 4.81. The highest BCUT2D eigenvalue weighted by Crippen LogP contribution is 2.24. The van der Waals surface area contributed by atoms with Gasteiger partial charge in [-0.05, 0) is 46.9 Å². The van der Waals surface area contributed by atoms with E-state index in [2.05, 4.69) is 15.8 Å². The number of aromatic nitrogens is 1. The monoisotopic (exact) mass is 459 g/mol. The summed E-state index contributed by atoms with van der Waals surface area (Å²) in [5.74, 6) is -2.59. The lowest BCUT2D eigenvalue weighted by atomic mass is 10.2. The minimum atomic E-state index is -0.986. The Labute approximate surface area is 155 Å². The second-order valence-electron chi connectivity index (χ2n) is 4.64. The molecule has 0 radical (unpaired) electrons. The number of hydroxylamine groups is 1. The molecule has 0 aliphatic rings. The third-order valence-electron chi connectivity index (χ3n) is 2.90. The molecule has 0 aliphatic heterocycles. The smallest absolute Gasteiger partial charge is 0.278 e. The zero-order chi connectivity index (χ0) is 18.4. The Hall–Kier alpha value is -2.36. The van der Waals surface area contributed by atoms with E-state index in [1.165, 1.54) is 12.1 Å². The topological polar surface area (TPSA) is 113 Å². The lowest BCUT2D eigenvalue weighted by molar-refractivity contribution is 0.0343. The van der Waals surface area contributed by atoms with E-state index in [0.29, 0.717) is 3.57 Å². The summed E-state index contributed by atoms with van der Waals surface area (Å²) >= 11 is 1.94. The Balaban J connectivity index is 2.40. The summed E-state index contributed by atoms with van der Waals surface area (Å²) in [7, 11) is 0. The second kappa shape index (κ2) is 8.65. The average Bonchev–Trinajstić information content (AvgIpc) is 2.58. The van der Waals surface area contributed by atoms with Gasteiger partial charge in [-0.25, -0.2) is 19.2 Å². The summed E-state index contributed by atoms with van der Waals surface area (Å²) in [5.41, 5.74) is 6.53. The van der Waals surface area contributed by atoms with Crippen LogP contribution in [0.25, 0.3) is 0 Å². The zero-order valence-corrected chi connectivity index (χ0v) is 14.8. The molecule has 0 saturated heterocycles. The molecule has 0 unspecified atom stereocenters. The van der Waals surface area contributed by atoms with E-state index in [1.54, 1.807) is 12.1 Å². The highest BCUT2D eigenvalue weighted by molar-refractivity contribution is 14.1. The van der Waals surface area contributed by atoms with Gasteiger partial charge in [-0.3, -0.25) is 9.63 Å². The molecule has 0 atom stereocenters. The number of anilines is 2. The van der Waals surface area contributed by atoms with Gasteiger partial charge in [0.15, 0.2) is 11.5 Å². The maximum atomic E-state index is 14.0. The molecule has 2 rings (SSSR count). The van der Waals surface area contributed by atoms with Crippen LogP contribution in [0.1, 0.15) is 16.1 Å². The summed E-state index contributed by atoms with van der Waals surface area (Å²) in [6.45, 7) is 0.214. The molecule has 10 heteroatoms. The molecule has 0 fully saturated rings. The van der Waals surface area contributed by atoms with Gasteiger partial charge in [0.1, 0.15) is 17.7 Å². The zero-order valence-electron chi connectivity index (χ0n) is 12.6. The quantitative estimate of drug-likeness (QED) is 0.347. The number of nitrogens with zero attached hydrogens (tertiary/aromatic N) is 2. The van der Waals surface area contributed by atoms with Crippen LogP contribution in [-0.2, 0) is 4.84 Å². The van der Waals surface area contributed by atoms with Crippen molar-refractivity contribution in [2.75, 3.05) is 18.5 Å². The number of carbonyl (C=O) groups is 1. The number of halogens is 3. The summed E-state index contributed by atoms with van der Waals surface area (Å²) in [6.07, 6.45) is 0. The lowest BCUT2D eigenvalue weighted by Gasteiger charge is -2.13. The van der Waals surface area contributed by atoms with Crippen molar-refractivity contribution in [3.05, 3.63) is 50.7 Å². The van der Waals surface area contributed by atoms with E-state index in [0.717, 1.165) is 6.07 Å². The van der Waals surface area contributed by atoms with Crippen LogP contribution in [0.3, 0.4) is 0 Å². The molecule has 1 aromatic carbocycles. The first-order valence-corrected chi connectivity index (χ1v) is 7.99. The number of benzene rings is 1. The predicted octanol–water partition coefficient (Wildman–Crippen LogP) is 2.20. The van der Waals surface area contributed by atoms with Crippen LogP contribution < -0.4 is 16.5 Å². The predicted molar refractivity (Wildman–Crippen MR) is 93.8 cm³/mol. The van der Waals surface area contributed by atoms with Crippen LogP contribution in [0, 0.1) is 26.5 Å². The van der Waals surface area contributed by atoms with Crippen molar-refractivity contribution in [2.24, 2.45) is 5.73 Å². The standard InChI is InChI=1S/C15H12F2IN5O2/c16-10-5-8(18)1-2-12(10)21-14-9(15(24)23-25-4-3-19)6-11(17)13(7-20)22-14/h1-2,5-6H,3-4,19H2,(H,21,22)(H,23,24). The molecule has 1 heterocycles. The van der Waals surface area contributed by atoms with Crippen molar-refractivity contribution in [1.29, 1.82) is 5.26 Å². The Morgan fingerprint density at radius 1 is 1.36 bits per heavy atom. The van der Waals surface area contributed by atoms with Crippen LogP contribution in [-0.4, -0.2) is 24.0 Å². The molecule has 2 aromatic rings. The van der Waals surface area contributed by atoms with Gasteiger partial charge in [0, 0.05) is 10.1 Å². The van der Waals surface area contributed by atoms with Crippen molar-refractivity contribution in [3.63, 3.8) is 0 Å². The number of rotatable bonds is 6. The van der Waals surface area contributed by atoms with Gasteiger partial charge in [0.05, 0.1) is 17.9 Å². The van der Waals surface area contributed by atoms with E-state index in [9.17, 15) is 13.6 Å². The third-order valence-corrected chi connectivity index (χ3v) is 3.57. The van der Waals surface area contributed by atoms with Crippen LogP contribution >= 0.6 is 22.6 Å². The van der Waals surface area contributed by atoms with Gasteiger partial charge >= 0.3 is 0 Å². The Kier molecular flexibility index (Phi) is 6.57. The summed E-state index contributed by atoms with van der Waals surface area (Å²) in [6, 6.07) is 6.71. The van der Waals surface area contributed by atoms with Gasteiger partial charge < -0.3 is 11.1 Å². The number of nitrogens with one attached hydrogen (secondary N) is 2. The molecule has 130 valence electrons. The van der Waals surface area contributed by atoms with Gasteiger partial charge in [0.2, 0.25) is 0 Å². The first kappa shape index (κ1) is 19.0. The number of amides is 1. The number of carbonyl (C=O) groups excluding carboxylic acids is 1. The van der Waals surface area contributed by atoms with Gasteiger partial charge in [0.25, 0.3) is 5.91 Å². The van der Waals surface area contributed by atoms with Crippen LogP contribution in [0.15, 0.2) is 24.3 Å². The lowest BCUT2D eigenvalue weighted by Crippen LogP contribution is -2.27. The first-order chi connectivity index (χ1) is 12.0. The molecule has 1 aromatic heterocycles. The van der Waals surface area contributed by atoms with E-state index >= 15 is 0 Å². The van der Waals surface area contributed by atoms with Crippen molar-refractivity contribution < 1.29 is 18.4 Å². The van der Waals surface area contributed by atoms with Gasteiger partial charge in [-0.1, -0.05) is 0 Å². The largest absolute Gasteiger partial charge is 0.337 e. The number of nitrogens with two attached hydrogens (primary N) is 1. The van der Waals surface area contributed by atoms with E-state index in [1.807, 2.05) is 22.6 Å². The average molecular weight is 459 g/mol. The van der Waals surface area contributed by atoms with Crippen LogP contribution in [0.4, 0.5) is 20.3 Å². The van der Waals surface area contributed by atoms with Crippen molar-refractivity contribution in [3.8, 4) is 6.07 Å². The second-order valence-corrected chi connectivity index (χ2v) is 5.89. The Morgan fingerprint density at radius 2 is 2.12 bits per heavy atom. The normalized spacial score (nSPS) is 10.2. The molecule has 0 spiro atoms. The molecule has 1 amide bonds. The van der Waals surface area contributed by atoms with Crippen LogP contribution in [0.5, 0.6) is 0 Å². The highest BCUT2D eigenvalue weighted by Gasteiger charge is 2.19. The molecular formula is C15H12F2IN5O2. The fourth-order valence-electron chi connectivity index (χ4n) is 1.78. The minimum absolute atomic E-state index is 0.0142. The maximum absolute atomic E-state index is 14.0. The molecule has 0 saturated carbocycles. The molecule has 0 bridgehead atoms. The van der Waals surface area contributed by atoms with E-state index in [4.69, 9.17) is 15.8 Å². The van der Waals surface area contributed by atoms with Crippen molar-refractivity contribution >= 4 is 40.0 Å². The van der Waals surface area contributed by atoms with Crippen molar-refractivity contribution in [2.45, 2.75) is 0 Å². The highest BCUT2D eigenvalue weighted by atomic mass is 127. The molecular weight excluding hydrogens is 447 g/mol. The van der Waals surface area contributed by atoms with E-state index < -0.39 is 23.2 Å². The Morgan fingerprint density at radius 3 is 2.76 bits per heavy atom. The summed E-state index contributed by atoms with van der Waals surface area (Å²) in [5, 5.41) is 11.5. The van der Waals surface area contributed by atoms with Crippen molar-refractivity contribution in [1.82, 2.24) is 10.5 Å². The fraction of sp³-hybridized carbons (Fsp3) is 0.133. The number of hydrogen-bond donors (Lipinski definition) is 3. The fourth-order valence-corrected chi connectivity index (χ4v) is 2.24. The molecule has 4 N–H and O–H groups in total. The van der Waals surface area contributed by atoms with Gasteiger partial charge in [-0.2, -0.15) is 5.26 Å². The maximum Gasteiger partial charge on any atom is 0.278 e. The molecule has 25 heavy (non-hydrogen) atoms.